The van der Waals surface area contributed by atoms with Crippen molar-refractivity contribution in [3.8, 4) is 0 Å². The highest BCUT2D eigenvalue weighted by Crippen LogP contribution is 2.21. The first-order valence-electron chi connectivity index (χ1n) is 8.98. The second kappa shape index (κ2) is 10.6. The number of nitrogens with one attached hydrogen (secondary N) is 2. The molecular weight excluding hydrogens is 469 g/mol. The van der Waals surface area contributed by atoms with Crippen molar-refractivity contribution in [3.05, 3.63) is 0 Å². The number of guanidine groups is 1. The first-order valence-corrected chi connectivity index (χ1v) is 10.8. The van der Waals surface area contributed by atoms with Gasteiger partial charge in [0.15, 0.2) is 5.96 Å². The van der Waals surface area contributed by atoms with Gasteiger partial charge in [-0.1, -0.05) is 0 Å². The average Bonchev–Trinajstić information content (AvgIpc) is 3.05. The first kappa shape index (κ1) is 23.4. The molecule has 0 spiro atoms. The van der Waals surface area contributed by atoms with Gasteiger partial charge >= 0.3 is 0 Å². The molecule has 26 heavy (non-hydrogen) atoms. The smallest absolute Gasteiger partial charge is 0.220 e. The molecule has 2 saturated heterocycles. The van der Waals surface area contributed by atoms with Crippen LogP contribution >= 0.6 is 24.0 Å². The van der Waals surface area contributed by atoms with Gasteiger partial charge in [0.1, 0.15) is 0 Å². The maximum atomic E-state index is 11.8. The number of carbonyl (C=O) groups is 1. The van der Waals surface area contributed by atoms with E-state index in [0.717, 1.165) is 44.7 Å². The Labute approximate surface area is 174 Å². The van der Waals surface area contributed by atoms with E-state index in [1.807, 2.05) is 0 Å². The molecule has 2 heterocycles. The van der Waals surface area contributed by atoms with E-state index in [1.165, 1.54) is 6.26 Å². The van der Waals surface area contributed by atoms with E-state index in [2.05, 4.69) is 20.5 Å². The molecule has 152 valence electrons. The average molecular weight is 501 g/mol. The van der Waals surface area contributed by atoms with E-state index in [4.69, 9.17) is 0 Å². The van der Waals surface area contributed by atoms with Crippen molar-refractivity contribution in [1.82, 2.24) is 19.8 Å². The lowest BCUT2D eigenvalue weighted by atomic mass is 9.93. The summed E-state index contributed by atoms with van der Waals surface area (Å²) < 4.78 is 25.3. The van der Waals surface area contributed by atoms with Crippen LogP contribution in [0, 0.1) is 5.92 Å². The molecule has 1 atom stereocenters. The lowest BCUT2D eigenvalue weighted by Crippen LogP contribution is -2.50. The molecule has 0 unspecified atom stereocenters. The number of rotatable bonds is 5. The number of carbonyl (C=O) groups excluding carboxylic acids is 1. The van der Waals surface area contributed by atoms with Crippen LogP contribution in [0.4, 0.5) is 0 Å². The Bertz CT molecular complexity index is 591. The molecule has 2 fully saturated rings. The molecule has 0 radical (unpaired) electrons. The zero-order valence-electron chi connectivity index (χ0n) is 15.9. The summed E-state index contributed by atoms with van der Waals surface area (Å²) in [4.78, 5) is 18.0. The molecule has 10 heteroatoms. The second-order valence-corrected chi connectivity index (χ2v) is 8.84. The first-order chi connectivity index (χ1) is 11.8. The highest BCUT2D eigenvalue weighted by Gasteiger charge is 2.32. The lowest BCUT2D eigenvalue weighted by Gasteiger charge is -2.34. The Morgan fingerprint density at radius 2 is 1.85 bits per heavy atom. The highest BCUT2D eigenvalue weighted by atomic mass is 127. The lowest BCUT2D eigenvalue weighted by molar-refractivity contribution is -0.121. The quantitative estimate of drug-likeness (QED) is 0.324. The summed E-state index contributed by atoms with van der Waals surface area (Å²) in [5, 5.41) is 6.02. The zero-order chi connectivity index (χ0) is 18.4. The summed E-state index contributed by atoms with van der Waals surface area (Å²) >= 11 is 0. The van der Waals surface area contributed by atoms with Crippen molar-refractivity contribution < 1.29 is 13.2 Å². The number of amides is 1. The van der Waals surface area contributed by atoms with Gasteiger partial charge in [0.05, 0.1) is 6.26 Å². The van der Waals surface area contributed by atoms with Crippen LogP contribution in [0.25, 0.3) is 0 Å². The summed E-state index contributed by atoms with van der Waals surface area (Å²) in [6.07, 6.45) is 5.58. The van der Waals surface area contributed by atoms with Crippen LogP contribution < -0.4 is 10.6 Å². The summed E-state index contributed by atoms with van der Waals surface area (Å²) in [6.45, 7) is 2.91. The van der Waals surface area contributed by atoms with Gasteiger partial charge in [0, 0.05) is 52.7 Å². The monoisotopic (exact) mass is 501 g/mol. The van der Waals surface area contributed by atoms with Gasteiger partial charge in [0.25, 0.3) is 0 Å². The summed E-state index contributed by atoms with van der Waals surface area (Å²) in [7, 11) is 0.274. The minimum Gasteiger partial charge on any atom is -0.359 e. The van der Waals surface area contributed by atoms with Crippen LogP contribution in [0.2, 0.25) is 0 Å². The number of hydrogen-bond donors (Lipinski definition) is 2. The van der Waals surface area contributed by atoms with Crippen molar-refractivity contribution >= 4 is 45.9 Å². The predicted octanol–water partition coefficient (Wildman–Crippen LogP) is 0.452. The SMILES string of the molecule is CN=C(NC[C@H]1CCCN1S(C)(=O)=O)N1CCC(CC(=O)NC)CC1.I. The van der Waals surface area contributed by atoms with E-state index in [9.17, 15) is 13.2 Å². The fraction of sp³-hybridized carbons (Fsp3) is 0.875. The maximum absolute atomic E-state index is 11.8. The number of sulfonamides is 1. The standard InChI is InChI=1S/C16H31N5O3S.HI/c1-17-15(22)11-13-6-9-20(10-7-13)16(18-2)19-12-14-5-4-8-21(14)25(3,23)24;/h13-14H,4-12H2,1-3H3,(H,17,22)(H,18,19);1H/t14-;/m1./s1. The molecule has 2 aliphatic rings. The van der Waals surface area contributed by atoms with E-state index >= 15 is 0 Å². The number of likely N-dealkylation sites (tertiary alicyclic amines) is 1. The number of aliphatic imine (C=N–C) groups is 1. The van der Waals surface area contributed by atoms with Crippen LogP contribution in [-0.4, -0.2) is 82.1 Å². The van der Waals surface area contributed by atoms with E-state index in [-0.39, 0.29) is 35.9 Å². The topological polar surface area (TPSA) is 94.1 Å². The predicted molar refractivity (Wildman–Crippen MR) is 114 cm³/mol. The minimum atomic E-state index is -3.15. The third-order valence-corrected chi connectivity index (χ3v) is 6.46. The molecule has 0 saturated carbocycles. The molecule has 0 aromatic carbocycles. The van der Waals surface area contributed by atoms with Gasteiger partial charge in [0.2, 0.25) is 15.9 Å². The normalized spacial score (nSPS) is 22.8. The van der Waals surface area contributed by atoms with Crippen molar-refractivity contribution in [2.75, 3.05) is 46.5 Å². The molecule has 2 N–H and O–H groups in total. The summed E-state index contributed by atoms with van der Waals surface area (Å²) in [6, 6.07) is -0.00228. The molecule has 1 amide bonds. The Balaban J connectivity index is 0.00000338. The fourth-order valence-electron chi connectivity index (χ4n) is 3.70. The molecule has 0 aromatic rings. The zero-order valence-corrected chi connectivity index (χ0v) is 19.0. The van der Waals surface area contributed by atoms with Gasteiger partial charge in [-0.25, -0.2) is 8.42 Å². The molecule has 8 nitrogen and oxygen atoms in total. The summed E-state index contributed by atoms with van der Waals surface area (Å²) in [5.74, 6) is 1.34. The second-order valence-electron chi connectivity index (χ2n) is 6.91. The number of halogens is 1. The Hall–Kier alpha value is -0.620. The van der Waals surface area contributed by atoms with E-state index in [0.29, 0.717) is 25.4 Å². The van der Waals surface area contributed by atoms with Crippen molar-refractivity contribution in [3.63, 3.8) is 0 Å². The van der Waals surface area contributed by atoms with Gasteiger partial charge in [-0.2, -0.15) is 4.31 Å². The van der Waals surface area contributed by atoms with E-state index < -0.39 is 10.0 Å². The van der Waals surface area contributed by atoms with Gasteiger partial charge < -0.3 is 15.5 Å². The van der Waals surface area contributed by atoms with Gasteiger partial charge in [-0.3, -0.25) is 9.79 Å². The van der Waals surface area contributed by atoms with Crippen molar-refractivity contribution in [2.45, 2.75) is 38.1 Å². The third-order valence-electron chi connectivity index (χ3n) is 5.12. The van der Waals surface area contributed by atoms with Crippen molar-refractivity contribution in [1.29, 1.82) is 0 Å². The van der Waals surface area contributed by atoms with Crippen molar-refractivity contribution in [2.24, 2.45) is 10.9 Å². The Morgan fingerprint density at radius 1 is 1.19 bits per heavy atom. The third kappa shape index (κ3) is 6.52. The Kier molecular flexibility index (Phi) is 9.59. The summed E-state index contributed by atoms with van der Waals surface area (Å²) in [5.41, 5.74) is 0. The highest BCUT2D eigenvalue weighted by molar-refractivity contribution is 14.0. The Morgan fingerprint density at radius 3 is 2.38 bits per heavy atom. The van der Waals surface area contributed by atoms with Crippen LogP contribution in [-0.2, 0) is 14.8 Å². The van der Waals surface area contributed by atoms with Gasteiger partial charge in [-0.05, 0) is 31.6 Å². The number of nitrogens with zero attached hydrogens (tertiary/aromatic N) is 3. The number of hydrogen-bond acceptors (Lipinski definition) is 4. The fourth-order valence-corrected chi connectivity index (χ4v) is 4.89. The van der Waals surface area contributed by atoms with Crippen LogP contribution in [0.15, 0.2) is 4.99 Å². The molecule has 2 aliphatic heterocycles. The molecule has 2 rings (SSSR count). The molecule has 0 aliphatic carbocycles. The largest absolute Gasteiger partial charge is 0.359 e. The molecule has 0 aromatic heterocycles. The van der Waals surface area contributed by atoms with E-state index in [1.54, 1.807) is 18.4 Å². The number of piperidine rings is 1. The molecular formula is C16H32IN5O3S. The van der Waals surface area contributed by atoms with Crippen LogP contribution in [0.3, 0.4) is 0 Å². The van der Waals surface area contributed by atoms with Crippen LogP contribution in [0.5, 0.6) is 0 Å². The maximum Gasteiger partial charge on any atom is 0.220 e. The van der Waals surface area contributed by atoms with Crippen LogP contribution in [0.1, 0.15) is 32.1 Å². The molecule has 0 bridgehead atoms. The minimum absolute atomic E-state index is 0. The van der Waals surface area contributed by atoms with Gasteiger partial charge in [-0.15, -0.1) is 24.0 Å².